The molecular formula is C30H44N4O10. The third-order valence-corrected chi connectivity index (χ3v) is 6.87. The van der Waals surface area contributed by atoms with Gasteiger partial charge in [-0.2, -0.15) is 0 Å². The van der Waals surface area contributed by atoms with Crippen molar-refractivity contribution in [1.29, 1.82) is 0 Å². The fourth-order valence-electron chi connectivity index (χ4n) is 4.35. The van der Waals surface area contributed by atoms with Gasteiger partial charge >= 0.3 is 23.9 Å². The van der Waals surface area contributed by atoms with Gasteiger partial charge in [-0.1, -0.05) is 44.2 Å². The number of carboxylic acid groups (broad SMARTS) is 3. The van der Waals surface area contributed by atoms with E-state index in [1.165, 1.54) is 0 Å². The van der Waals surface area contributed by atoms with E-state index in [1.807, 2.05) is 49.5 Å². The first-order valence-electron chi connectivity index (χ1n) is 14.3. The molecule has 3 atom stereocenters. The van der Waals surface area contributed by atoms with Crippen molar-refractivity contribution in [3.63, 3.8) is 0 Å². The average molecular weight is 621 g/mol. The summed E-state index contributed by atoms with van der Waals surface area (Å²) >= 11 is 0. The number of carboxylic acids is 3. The van der Waals surface area contributed by atoms with Gasteiger partial charge in [-0.3, -0.25) is 14.4 Å². The molecule has 0 fully saturated rings. The molecule has 0 aromatic heterocycles. The van der Waals surface area contributed by atoms with E-state index in [-0.39, 0.29) is 25.2 Å². The van der Waals surface area contributed by atoms with Crippen molar-refractivity contribution in [2.24, 2.45) is 5.41 Å². The van der Waals surface area contributed by atoms with Crippen LogP contribution in [0.1, 0.15) is 78.2 Å². The number of benzene rings is 1. The van der Waals surface area contributed by atoms with Crippen LogP contribution in [0.15, 0.2) is 30.3 Å². The lowest BCUT2D eigenvalue weighted by molar-refractivity contribution is -0.141. The second kappa shape index (κ2) is 17.6. The molecule has 0 aliphatic heterocycles. The van der Waals surface area contributed by atoms with Crippen LogP contribution < -0.4 is 21.3 Å². The van der Waals surface area contributed by atoms with Crippen molar-refractivity contribution >= 4 is 42.0 Å². The maximum Gasteiger partial charge on any atom is 0.326 e. The van der Waals surface area contributed by atoms with Gasteiger partial charge in [0, 0.05) is 24.8 Å². The summed E-state index contributed by atoms with van der Waals surface area (Å²) < 4.78 is 0. The van der Waals surface area contributed by atoms with E-state index in [4.69, 9.17) is 10.2 Å². The summed E-state index contributed by atoms with van der Waals surface area (Å²) in [6.07, 6.45) is 0.810. The lowest BCUT2D eigenvalue weighted by Crippen LogP contribution is -2.51. The Morgan fingerprint density at radius 2 is 1.32 bits per heavy atom. The van der Waals surface area contributed by atoms with Crippen molar-refractivity contribution in [2.45, 2.75) is 103 Å². The molecule has 244 valence electrons. The first kappa shape index (κ1) is 37.5. The Balaban J connectivity index is 2.58. The summed E-state index contributed by atoms with van der Waals surface area (Å²) in [7, 11) is 0. The Kier molecular flexibility index (Phi) is 15.0. The van der Waals surface area contributed by atoms with Gasteiger partial charge in [-0.05, 0) is 56.9 Å². The molecule has 0 saturated carbocycles. The van der Waals surface area contributed by atoms with Crippen molar-refractivity contribution in [3.05, 3.63) is 35.9 Å². The van der Waals surface area contributed by atoms with Crippen LogP contribution in [0.4, 0.5) is 4.79 Å². The lowest BCUT2D eigenvalue weighted by atomic mass is 9.80. The number of rotatable bonds is 20. The number of amides is 4. The third-order valence-electron chi connectivity index (χ3n) is 6.87. The highest BCUT2D eigenvalue weighted by Gasteiger charge is 2.30. The zero-order chi connectivity index (χ0) is 33.5. The normalized spacial score (nSPS) is 13.5. The van der Waals surface area contributed by atoms with Crippen molar-refractivity contribution in [2.75, 3.05) is 0 Å². The third kappa shape index (κ3) is 15.7. The van der Waals surface area contributed by atoms with E-state index in [1.54, 1.807) is 13.8 Å². The first-order valence-corrected chi connectivity index (χ1v) is 14.3. The molecule has 0 spiro atoms. The average Bonchev–Trinajstić information content (AvgIpc) is 2.91. The second-order valence-electron chi connectivity index (χ2n) is 12.1. The molecule has 0 heterocycles. The number of nitrogens with one attached hydrogen (secondary N) is 4. The highest BCUT2D eigenvalue weighted by Crippen LogP contribution is 2.30. The molecule has 1 rings (SSSR count). The number of hydrogen-bond donors (Lipinski definition) is 7. The van der Waals surface area contributed by atoms with E-state index in [2.05, 4.69) is 16.0 Å². The first-order chi connectivity index (χ1) is 20.4. The standard InChI is InChI=1S/C30H44N4O10/c1-29(2,17-24(37)31-20(18-35)16-19-8-6-5-7-9-19)14-15-30(3,4)34-23(36)12-10-21(26(40)41)32-28(44)33-22(27(42)43)11-13-25(38)39/h5-9,18,20-22H,10-17H2,1-4H3,(H,31,37)(H,34,36)(H,38,39)(H,40,41)(H,42,43)(H2,32,33,44). The Hall–Kier alpha value is -4.49. The van der Waals surface area contributed by atoms with Gasteiger partial charge in [-0.25, -0.2) is 14.4 Å². The molecular weight excluding hydrogens is 576 g/mol. The zero-order valence-electron chi connectivity index (χ0n) is 25.6. The Bertz CT molecular complexity index is 1170. The Morgan fingerprint density at radius 1 is 0.773 bits per heavy atom. The smallest absolute Gasteiger partial charge is 0.326 e. The van der Waals surface area contributed by atoms with E-state index in [0.29, 0.717) is 25.5 Å². The fourth-order valence-corrected chi connectivity index (χ4v) is 4.35. The van der Waals surface area contributed by atoms with Gasteiger partial charge in [0.05, 0.1) is 6.04 Å². The van der Waals surface area contributed by atoms with Gasteiger partial charge < -0.3 is 41.4 Å². The van der Waals surface area contributed by atoms with E-state index < -0.39 is 71.8 Å². The number of aliphatic carboxylic acids is 3. The lowest BCUT2D eigenvalue weighted by Gasteiger charge is -2.32. The molecule has 44 heavy (non-hydrogen) atoms. The maximum atomic E-state index is 12.7. The topological polar surface area (TPSA) is 228 Å². The molecule has 1 aromatic carbocycles. The highest BCUT2D eigenvalue weighted by atomic mass is 16.4. The molecule has 7 N–H and O–H groups in total. The van der Waals surface area contributed by atoms with E-state index in [0.717, 1.165) is 5.56 Å². The van der Waals surface area contributed by atoms with Crippen LogP contribution >= 0.6 is 0 Å². The molecule has 14 heteroatoms. The molecule has 0 aliphatic carbocycles. The molecule has 14 nitrogen and oxygen atoms in total. The minimum absolute atomic E-state index is 0.156. The van der Waals surface area contributed by atoms with Crippen LogP contribution in [0.3, 0.4) is 0 Å². The van der Waals surface area contributed by atoms with Gasteiger partial charge in [0.15, 0.2) is 0 Å². The van der Waals surface area contributed by atoms with Crippen LogP contribution in [-0.2, 0) is 35.2 Å². The van der Waals surface area contributed by atoms with Crippen LogP contribution in [0, 0.1) is 5.41 Å². The summed E-state index contributed by atoms with van der Waals surface area (Å²) in [5, 5.41) is 37.1. The number of carbonyl (C=O) groups excluding carboxylic acids is 4. The quantitative estimate of drug-likeness (QED) is 0.105. The molecule has 0 bridgehead atoms. The Labute approximate surface area is 256 Å². The van der Waals surface area contributed by atoms with Crippen LogP contribution in [0.5, 0.6) is 0 Å². The summed E-state index contributed by atoms with van der Waals surface area (Å²) in [6.45, 7) is 7.38. The number of aldehydes is 1. The minimum Gasteiger partial charge on any atom is -0.481 e. The Morgan fingerprint density at radius 3 is 1.82 bits per heavy atom. The van der Waals surface area contributed by atoms with Gasteiger partial charge in [-0.15, -0.1) is 0 Å². The van der Waals surface area contributed by atoms with E-state index >= 15 is 0 Å². The number of urea groups is 1. The molecule has 1 aromatic rings. The second-order valence-corrected chi connectivity index (χ2v) is 12.1. The molecule has 0 saturated heterocycles. The van der Waals surface area contributed by atoms with Gasteiger partial charge in [0.2, 0.25) is 11.8 Å². The van der Waals surface area contributed by atoms with E-state index in [9.17, 15) is 38.7 Å². The molecule has 3 unspecified atom stereocenters. The molecule has 4 amide bonds. The van der Waals surface area contributed by atoms with Crippen molar-refractivity contribution in [1.82, 2.24) is 21.3 Å². The van der Waals surface area contributed by atoms with Crippen LogP contribution in [0.25, 0.3) is 0 Å². The van der Waals surface area contributed by atoms with Crippen molar-refractivity contribution in [3.8, 4) is 0 Å². The molecule has 0 aliphatic rings. The summed E-state index contributed by atoms with van der Waals surface area (Å²) in [5.41, 5.74) is -0.252. The van der Waals surface area contributed by atoms with Gasteiger partial charge in [0.25, 0.3) is 0 Å². The summed E-state index contributed by atoms with van der Waals surface area (Å²) in [6, 6.07) is 4.51. The monoisotopic (exact) mass is 620 g/mol. The zero-order valence-corrected chi connectivity index (χ0v) is 25.6. The minimum atomic E-state index is -1.54. The van der Waals surface area contributed by atoms with Crippen LogP contribution in [-0.4, -0.2) is 81.0 Å². The number of hydrogen-bond acceptors (Lipinski definition) is 7. The predicted molar refractivity (Wildman–Crippen MR) is 159 cm³/mol. The summed E-state index contributed by atoms with van der Waals surface area (Å²) in [4.78, 5) is 82.6. The maximum absolute atomic E-state index is 12.7. The number of carbonyl (C=O) groups is 7. The SMILES string of the molecule is CC(C)(CCC(C)(C)NC(=O)CCC(NC(=O)NC(CCC(=O)O)C(=O)O)C(=O)O)CC(=O)NC(C=O)Cc1ccccc1. The van der Waals surface area contributed by atoms with Crippen LogP contribution in [0.2, 0.25) is 0 Å². The predicted octanol–water partition coefficient (Wildman–Crippen LogP) is 1.85. The fraction of sp³-hybridized carbons (Fsp3) is 0.567. The largest absolute Gasteiger partial charge is 0.481 e. The highest BCUT2D eigenvalue weighted by molar-refractivity contribution is 5.87. The van der Waals surface area contributed by atoms with Crippen molar-refractivity contribution < 1.29 is 48.9 Å². The summed E-state index contributed by atoms with van der Waals surface area (Å²) in [5.74, 6) is -4.92. The molecule has 0 radical (unpaired) electrons. The van der Waals surface area contributed by atoms with Gasteiger partial charge in [0.1, 0.15) is 18.4 Å².